The molecule has 0 saturated carbocycles. The molecule has 0 unspecified atom stereocenters. The molecule has 0 aromatic heterocycles. The van der Waals surface area contributed by atoms with Crippen molar-refractivity contribution in [3.63, 3.8) is 0 Å². The van der Waals surface area contributed by atoms with Crippen LogP contribution in [-0.2, 0) is 0 Å². The van der Waals surface area contributed by atoms with Gasteiger partial charge in [0.1, 0.15) is 0 Å². The van der Waals surface area contributed by atoms with Crippen molar-refractivity contribution in [2.75, 3.05) is 0 Å². The van der Waals surface area contributed by atoms with E-state index < -0.39 is 0 Å². The monoisotopic (exact) mass is 308 g/mol. The maximum absolute atomic E-state index is 12.8. The van der Waals surface area contributed by atoms with Gasteiger partial charge in [-0.1, -0.05) is 54.1 Å². The van der Waals surface area contributed by atoms with Gasteiger partial charge in [0.05, 0.1) is 0 Å². The molecule has 22 heavy (non-hydrogen) atoms. The molecule has 0 aliphatic rings. The Morgan fingerprint density at radius 1 is 1.05 bits per heavy atom. The molecule has 0 saturated heterocycles. The fourth-order valence-electron chi connectivity index (χ4n) is 2.56. The lowest BCUT2D eigenvalue weighted by molar-refractivity contribution is 0.103. The number of halogens is 1. The summed E-state index contributed by atoms with van der Waals surface area (Å²) >= 11 is 6.16. The van der Waals surface area contributed by atoms with Crippen molar-refractivity contribution in [2.24, 2.45) is 0 Å². The first-order valence-electron chi connectivity index (χ1n) is 6.89. The molecule has 2 nitrogen and oxygen atoms in total. The molecule has 0 atom stereocenters. The van der Waals surface area contributed by atoms with Gasteiger partial charge in [0.2, 0.25) is 0 Å². The van der Waals surface area contributed by atoms with Crippen LogP contribution in [0.5, 0.6) is 0 Å². The highest BCUT2D eigenvalue weighted by molar-refractivity contribution is 6.32. The second-order valence-electron chi connectivity index (χ2n) is 5.17. The van der Waals surface area contributed by atoms with Crippen LogP contribution in [0.4, 0.5) is 0 Å². The Labute approximate surface area is 133 Å². The summed E-state index contributed by atoms with van der Waals surface area (Å²) in [5.41, 5.74) is 2.26. The predicted molar refractivity (Wildman–Crippen MR) is 89.0 cm³/mol. The lowest BCUT2D eigenvalue weighted by Crippen LogP contribution is -2.06. The number of benzene rings is 3. The second kappa shape index (κ2) is 5.74. The summed E-state index contributed by atoms with van der Waals surface area (Å²) in [6, 6.07) is 16.1. The summed E-state index contributed by atoms with van der Waals surface area (Å²) in [4.78, 5) is 24.2. The van der Waals surface area contributed by atoms with Gasteiger partial charge in [0, 0.05) is 21.7 Å². The molecule has 3 rings (SSSR count). The minimum Gasteiger partial charge on any atom is -0.298 e. The van der Waals surface area contributed by atoms with Crippen molar-refractivity contribution in [1.29, 1.82) is 0 Å². The summed E-state index contributed by atoms with van der Waals surface area (Å²) in [5, 5.41) is 2.24. The summed E-state index contributed by atoms with van der Waals surface area (Å²) in [6.07, 6.45) is 0.722. The minimum atomic E-state index is -0.157. The summed E-state index contributed by atoms with van der Waals surface area (Å²) in [7, 11) is 0. The van der Waals surface area contributed by atoms with Crippen molar-refractivity contribution in [3.8, 4) is 0 Å². The molecular formula is C19H13ClO2. The van der Waals surface area contributed by atoms with Gasteiger partial charge in [0.15, 0.2) is 12.1 Å². The van der Waals surface area contributed by atoms with E-state index in [0.29, 0.717) is 21.7 Å². The van der Waals surface area contributed by atoms with Gasteiger partial charge >= 0.3 is 0 Å². The van der Waals surface area contributed by atoms with Crippen LogP contribution in [0.1, 0.15) is 31.8 Å². The van der Waals surface area contributed by atoms with E-state index in [1.54, 1.807) is 30.3 Å². The van der Waals surface area contributed by atoms with E-state index in [-0.39, 0.29) is 5.78 Å². The Hall–Kier alpha value is -2.45. The molecule has 3 aromatic rings. The van der Waals surface area contributed by atoms with E-state index in [1.165, 1.54) is 0 Å². The van der Waals surface area contributed by atoms with Crippen LogP contribution in [-0.4, -0.2) is 12.1 Å². The van der Waals surface area contributed by atoms with Gasteiger partial charge in [-0.2, -0.15) is 0 Å². The fourth-order valence-corrected chi connectivity index (χ4v) is 2.73. The Morgan fingerprint density at radius 2 is 1.77 bits per heavy atom. The zero-order valence-corrected chi connectivity index (χ0v) is 12.7. The zero-order valence-electron chi connectivity index (χ0n) is 12.0. The number of carbonyl (C=O) groups is 2. The maximum atomic E-state index is 12.8. The number of rotatable bonds is 3. The van der Waals surface area contributed by atoms with Gasteiger partial charge in [-0.05, 0) is 35.4 Å². The van der Waals surface area contributed by atoms with Crippen LogP contribution < -0.4 is 0 Å². The third-order valence-electron chi connectivity index (χ3n) is 3.72. The van der Waals surface area contributed by atoms with Crippen molar-refractivity contribution < 1.29 is 9.59 Å². The molecular weight excluding hydrogens is 296 g/mol. The number of ketones is 1. The predicted octanol–water partition coefficient (Wildman–Crippen LogP) is 4.85. The van der Waals surface area contributed by atoms with Crippen LogP contribution in [0.3, 0.4) is 0 Å². The third-order valence-corrected chi connectivity index (χ3v) is 4.13. The molecule has 0 radical (unpaired) electrons. The lowest BCUT2D eigenvalue weighted by atomic mass is 9.92. The topological polar surface area (TPSA) is 34.1 Å². The summed E-state index contributed by atoms with van der Waals surface area (Å²) < 4.78 is 0. The average molecular weight is 309 g/mol. The normalized spacial score (nSPS) is 10.6. The van der Waals surface area contributed by atoms with Gasteiger partial charge in [-0.25, -0.2) is 0 Å². The van der Waals surface area contributed by atoms with Crippen LogP contribution in [0.15, 0.2) is 54.6 Å². The lowest BCUT2D eigenvalue weighted by Gasteiger charge is -2.11. The molecule has 108 valence electrons. The first kappa shape index (κ1) is 14.5. The van der Waals surface area contributed by atoms with Crippen molar-refractivity contribution in [3.05, 3.63) is 81.9 Å². The van der Waals surface area contributed by atoms with Crippen LogP contribution in [0, 0.1) is 6.92 Å². The molecule has 0 aliphatic carbocycles. The van der Waals surface area contributed by atoms with E-state index >= 15 is 0 Å². The van der Waals surface area contributed by atoms with E-state index in [0.717, 1.165) is 22.6 Å². The van der Waals surface area contributed by atoms with Crippen LogP contribution in [0.2, 0.25) is 5.02 Å². The Kier molecular flexibility index (Phi) is 3.78. The van der Waals surface area contributed by atoms with E-state index in [1.807, 2.05) is 31.2 Å². The van der Waals surface area contributed by atoms with Crippen molar-refractivity contribution >= 4 is 34.4 Å². The van der Waals surface area contributed by atoms with Gasteiger partial charge in [-0.3, -0.25) is 9.59 Å². The molecule has 0 aliphatic heterocycles. The molecule has 3 heteroatoms. The molecule has 0 amide bonds. The summed E-state index contributed by atoms with van der Waals surface area (Å²) in [5.74, 6) is -0.157. The van der Waals surface area contributed by atoms with E-state index in [2.05, 4.69) is 0 Å². The van der Waals surface area contributed by atoms with Crippen molar-refractivity contribution in [1.82, 2.24) is 0 Å². The van der Waals surface area contributed by atoms with E-state index in [9.17, 15) is 9.59 Å². The van der Waals surface area contributed by atoms with Gasteiger partial charge in [-0.15, -0.1) is 0 Å². The number of fused-ring (bicyclic) bond motifs is 1. The zero-order chi connectivity index (χ0) is 15.7. The number of carbonyl (C=O) groups excluding carboxylic acids is 2. The highest BCUT2D eigenvalue weighted by atomic mass is 35.5. The molecule has 3 aromatic carbocycles. The number of aryl methyl sites for hydroxylation is 1. The number of hydrogen-bond donors (Lipinski definition) is 0. The largest absolute Gasteiger partial charge is 0.298 e. The number of hydrogen-bond acceptors (Lipinski definition) is 2. The van der Waals surface area contributed by atoms with Gasteiger partial charge < -0.3 is 0 Å². The molecule has 0 N–H and O–H groups in total. The number of aldehydes is 1. The molecule has 0 spiro atoms. The smallest absolute Gasteiger partial charge is 0.194 e. The maximum Gasteiger partial charge on any atom is 0.194 e. The standard InChI is InChI=1S/C19H13ClO2/c1-12-9-16-14(10-17(12)20)7-8-15(11-21)18(16)19(22)13-5-3-2-4-6-13/h2-11H,1H3. The molecule has 0 fully saturated rings. The molecule has 0 heterocycles. The summed E-state index contributed by atoms with van der Waals surface area (Å²) in [6.45, 7) is 1.88. The first-order valence-corrected chi connectivity index (χ1v) is 7.27. The SMILES string of the molecule is Cc1cc2c(C(=O)c3ccccc3)c(C=O)ccc2cc1Cl. The van der Waals surface area contributed by atoms with Crippen molar-refractivity contribution in [2.45, 2.75) is 6.92 Å². The van der Waals surface area contributed by atoms with Gasteiger partial charge in [0.25, 0.3) is 0 Å². The highest BCUT2D eigenvalue weighted by Gasteiger charge is 2.17. The Balaban J connectivity index is 2.33. The third kappa shape index (κ3) is 2.42. The first-order chi connectivity index (χ1) is 10.6. The van der Waals surface area contributed by atoms with Crippen LogP contribution >= 0.6 is 11.6 Å². The van der Waals surface area contributed by atoms with Crippen LogP contribution in [0.25, 0.3) is 10.8 Å². The minimum absolute atomic E-state index is 0.157. The van der Waals surface area contributed by atoms with E-state index in [4.69, 9.17) is 11.6 Å². The average Bonchev–Trinajstić information content (AvgIpc) is 2.55. The Bertz CT molecular complexity index is 883. The quantitative estimate of drug-likeness (QED) is 0.512. The highest BCUT2D eigenvalue weighted by Crippen LogP contribution is 2.29. The Morgan fingerprint density at radius 3 is 2.45 bits per heavy atom. The fraction of sp³-hybridized carbons (Fsp3) is 0.0526. The second-order valence-corrected chi connectivity index (χ2v) is 5.57. The molecule has 0 bridgehead atoms.